The molecule has 0 saturated heterocycles. The monoisotopic (exact) mass is 378 g/mol. The molecule has 0 bridgehead atoms. The number of hydrogen-bond donors (Lipinski definition) is 1. The summed E-state index contributed by atoms with van der Waals surface area (Å²) in [5.74, 6) is 1.74. The number of pyridine rings is 1. The van der Waals surface area contributed by atoms with Crippen LogP contribution in [-0.2, 0) is 24.3 Å². The van der Waals surface area contributed by atoms with Gasteiger partial charge in [0.05, 0.1) is 25.6 Å². The minimum absolute atomic E-state index is 0.300. The summed E-state index contributed by atoms with van der Waals surface area (Å²) in [6, 6.07) is 12.5. The topological polar surface area (TPSA) is 61.2 Å². The highest BCUT2D eigenvalue weighted by Gasteiger charge is 2.24. The van der Waals surface area contributed by atoms with Gasteiger partial charge in [0.25, 0.3) is 0 Å². The number of hydrogen-bond acceptors (Lipinski definition) is 5. The summed E-state index contributed by atoms with van der Waals surface area (Å²) < 4.78 is 12.7. The fourth-order valence-electron chi connectivity index (χ4n) is 3.90. The van der Waals surface area contributed by atoms with Crippen LogP contribution in [0.25, 0.3) is 5.82 Å². The molecule has 0 unspecified atom stereocenters. The van der Waals surface area contributed by atoms with Gasteiger partial charge in [0.2, 0.25) is 0 Å². The van der Waals surface area contributed by atoms with Gasteiger partial charge < -0.3 is 14.8 Å². The van der Waals surface area contributed by atoms with Gasteiger partial charge in [-0.05, 0) is 49.1 Å². The summed E-state index contributed by atoms with van der Waals surface area (Å²) in [5, 5.41) is 8.33. The molecular weight excluding hydrogens is 352 g/mol. The SMILES string of the molecule is COCc1cc(CN[C@H]2CCCc3c2cnn3-c2ccccn2)ccc1OC. The Morgan fingerprint density at radius 3 is 2.93 bits per heavy atom. The van der Waals surface area contributed by atoms with E-state index in [0.717, 1.165) is 42.9 Å². The van der Waals surface area contributed by atoms with Crippen molar-refractivity contribution in [2.24, 2.45) is 0 Å². The Kier molecular flexibility index (Phi) is 5.69. The van der Waals surface area contributed by atoms with Crippen LogP contribution in [0.4, 0.5) is 0 Å². The average molecular weight is 378 g/mol. The first-order valence-corrected chi connectivity index (χ1v) is 9.66. The van der Waals surface area contributed by atoms with Gasteiger partial charge in [-0.15, -0.1) is 0 Å². The van der Waals surface area contributed by atoms with Gasteiger partial charge in [-0.2, -0.15) is 5.10 Å². The van der Waals surface area contributed by atoms with Crippen molar-refractivity contribution in [3.63, 3.8) is 0 Å². The first-order chi connectivity index (χ1) is 13.8. The van der Waals surface area contributed by atoms with Crippen LogP contribution in [0.3, 0.4) is 0 Å². The summed E-state index contributed by atoms with van der Waals surface area (Å²) in [4.78, 5) is 4.45. The van der Waals surface area contributed by atoms with Crippen molar-refractivity contribution in [3.8, 4) is 11.6 Å². The number of rotatable bonds is 7. The molecule has 0 aliphatic heterocycles. The Labute approximate surface area is 165 Å². The molecule has 2 heterocycles. The third-order valence-electron chi connectivity index (χ3n) is 5.25. The van der Waals surface area contributed by atoms with Gasteiger partial charge in [-0.3, -0.25) is 0 Å². The Bertz CT molecular complexity index is 924. The number of aromatic nitrogens is 3. The second-order valence-corrected chi connectivity index (χ2v) is 7.05. The molecule has 1 atom stereocenters. The summed E-state index contributed by atoms with van der Waals surface area (Å²) in [6.07, 6.45) is 7.09. The zero-order valence-electron chi connectivity index (χ0n) is 16.4. The van der Waals surface area contributed by atoms with E-state index in [1.165, 1.54) is 16.8 Å². The van der Waals surface area contributed by atoms with Gasteiger partial charge in [0.1, 0.15) is 5.75 Å². The number of fused-ring (bicyclic) bond motifs is 1. The standard InChI is InChI=1S/C22H26N4O2/c1-27-15-17-12-16(9-10-21(17)28-2)13-24-19-6-5-7-20-18(19)14-25-26(20)22-8-3-4-11-23-22/h3-4,8-12,14,19,24H,5-7,13,15H2,1-2H3/t19-/m0/s1. The molecule has 0 fully saturated rings. The molecule has 28 heavy (non-hydrogen) atoms. The average Bonchev–Trinajstić information content (AvgIpc) is 3.18. The second kappa shape index (κ2) is 8.54. The molecule has 0 saturated carbocycles. The fraction of sp³-hybridized carbons (Fsp3) is 0.364. The Hall–Kier alpha value is -2.70. The minimum atomic E-state index is 0.300. The van der Waals surface area contributed by atoms with Crippen molar-refractivity contribution in [1.82, 2.24) is 20.1 Å². The maximum atomic E-state index is 5.42. The van der Waals surface area contributed by atoms with Gasteiger partial charge in [-0.25, -0.2) is 9.67 Å². The molecule has 0 radical (unpaired) electrons. The summed E-state index contributed by atoms with van der Waals surface area (Å²) in [5.41, 5.74) is 4.83. The lowest BCUT2D eigenvalue weighted by molar-refractivity contribution is 0.181. The molecule has 146 valence electrons. The quantitative estimate of drug-likeness (QED) is 0.681. The molecular formula is C22H26N4O2. The van der Waals surface area contributed by atoms with E-state index >= 15 is 0 Å². The molecule has 1 aliphatic carbocycles. The lowest BCUT2D eigenvalue weighted by Crippen LogP contribution is -2.25. The number of ether oxygens (including phenoxy) is 2. The van der Waals surface area contributed by atoms with Crippen molar-refractivity contribution in [1.29, 1.82) is 0 Å². The van der Waals surface area contributed by atoms with Crippen LogP contribution in [-0.4, -0.2) is 29.0 Å². The van der Waals surface area contributed by atoms with Crippen LogP contribution in [0.5, 0.6) is 5.75 Å². The van der Waals surface area contributed by atoms with E-state index in [4.69, 9.17) is 9.47 Å². The number of nitrogens with one attached hydrogen (secondary N) is 1. The van der Waals surface area contributed by atoms with Gasteiger partial charge >= 0.3 is 0 Å². The Morgan fingerprint density at radius 2 is 2.14 bits per heavy atom. The lowest BCUT2D eigenvalue weighted by atomic mass is 9.92. The van der Waals surface area contributed by atoms with Gasteiger partial charge in [-0.1, -0.05) is 12.1 Å². The molecule has 6 heteroatoms. The van der Waals surface area contributed by atoms with Crippen LogP contribution >= 0.6 is 0 Å². The van der Waals surface area contributed by atoms with Gasteiger partial charge in [0, 0.05) is 37.0 Å². The maximum absolute atomic E-state index is 5.42. The van der Waals surface area contributed by atoms with E-state index in [-0.39, 0.29) is 0 Å². The van der Waals surface area contributed by atoms with Crippen LogP contribution in [0, 0.1) is 0 Å². The molecule has 1 aromatic carbocycles. The van der Waals surface area contributed by atoms with Crippen molar-refractivity contribution in [2.75, 3.05) is 14.2 Å². The molecule has 4 rings (SSSR count). The first-order valence-electron chi connectivity index (χ1n) is 9.66. The predicted molar refractivity (Wildman–Crippen MR) is 108 cm³/mol. The molecule has 0 amide bonds. The van der Waals surface area contributed by atoms with Crippen molar-refractivity contribution >= 4 is 0 Å². The first kappa shape index (κ1) is 18.7. The van der Waals surface area contributed by atoms with Crippen LogP contribution < -0.4 is 10.1 Å². The highest BCUT2D eigenvalue weighted by molar-refractivity contribution is 5.37. The fourth-order valence-corrected chi connectivity index (χ4v) is 3.90. The van der Waals surface area contributed by atoms with E-state index in [1.807, 2.05) is 41.3 Å². The van der Waals surface area contributed by atoms with E-state index in [1.54, 1.807) is 14.2 Å². The molecule has 1 aliphatic rings. The van der Waals surface area contributed by atoms with Crippen LogP contribution in [0.15, 0.2) is 48.8 Å². The zero-order chi connectivity index (χ0) is 19.3. The molecule has 1 N–H and O–H groups in total. The Balaban J connectivity index is 1.51. The van der Waals surface area contributed by atoms with Crippen molar-refractivity contribution in [2.45, 2.75) is 38.5 Å². The highest BCUT2D eigenvalue weighted by atomic mass is 16.5. The maximum Gasteiger partial charge on any atom is 0.153 e. The van der Waals surface area contributed by atoms with E-state index < -0.39 is 0 Å². The third-order valence-corrected chi connectivity index (χ3v) is 5.25. The summed E-state index contributed by atoms with van der Waals surface area (Å²) in [6.45, 7) is 1.33. The van der Waals surface area contributed by atoms with Crippen molar-refractivity contribution < 1.29 is 9.47 Å². The zero-order valence-corrected chi connectivity index (χ0v) is 16.4. The van der Waals surface area contributed by atoms with Crippen LogP contribution in [0.1, 0.15) is 41.3 Å². The van der Waals surface area contributed by atoms with Crippen molar-refractivity contribution in [3.05, 3.63) is 71.2 Å². The number of nitrogens with zero attached hydrogens (tertiary/aromatic N) is 3. The van der Waals surface area contributed by atoms with Crippen LogP contribution in [0.2, 0.25) is 0 Å². The van der Waals surface area contributed by atoms with E-state index in [0.29, 0.717) is 12.6 Å². The second-order valence-electron chi connectivity index (χ2n) is 7.05. The normalized spacial score (nSPS) is 16.0. The molecule has 6 nitrogen and oxygen atoms in total. The van der Waals surface area contributed by atoms with E-state index in [9.17, 15) is 0 Å². The summed E-state index contributed by atoms with van der Waals surface area (Å²) in [7, 11) is 3.39. The minimum Gasteiger partial charge on any atom is -0.496 e. The highest BCUT2D eigenvalue weighted by Crippen LogP contribution is 2.31. The molecule has 0 spiro atoms. The number of methoxy groups -OCH3 is 2. The van der Waals surface area contributed by atoms with E-state index in [2.05, 4.69) is 27.5 Å². The Morgan fingerprint density at radius 1 is 1.21 bits per heavy atom. The lowest BCUT2D eigenvalue weighted by Gasteiger charge is -2.24. The predicted octanol–water partition coefficient (Wildman–Crippen LogP) is 3.59. The smallest absolute Gasteiger partial charge is 0.153 e. The number of benzene rings is 1. The molecule has 3 aromatic rings. The molecule has 2 aromatic heterocycles. The largest absolute Gasteiger partial charge is 0.496 e. The summed E-state index contributed by atoms with van der Waals surface area (Å²) >= 11 is 0. The van der Waals surface area contributed by atoms with Gasteiger partial charge in [0.15, 0.2) is 5.82 Å². The third kappa shape index (κ3) is 3.79.